The van der Waals surface area contributed by atoms with Crippen molar-refractivity contribution in [2.75, 3.05) is 0 Å². The molecule has 7 heteroatoms. The molecule has 0 aromatic rings. The molecule has 6 rings (SSSR count). The number of urea groups is 1. The summed E-state index contributed by atoms with van der Waals surface area (Å²) in [7, 11) is 0. The van der Waals surface area contributed by atoms with Crippen LogP contribution in [0.2, 0.25) is 0 Å². The van der Waals surface area contributed by atoms with Crippen LogP contribution in [0.5, 0.6) is 0 Å². The largest absolute Gasteiger partial charge is 0.511 e. The number of nitrogens with zero attached hydrogens (tertiary/aromatic N) is 1. The molecule has 0 saturated heterocycles. The maximum atomic E-state index is 14.5. The predicted octanol–water partition coefficient (Wildman–Crippen LogP) is 7.96. The summed E-state index contributed by atoms with van der Waals surface area (Å²) in [6.45, 7) is 4.73. The summed E-state index contributed by atoms with van der Waals surface area (Å²) in [5.41, 5.74) is 1.17. The van der Waals surface area contributed by atoms with Gasteiger partial charge in [0.2, 0.25) is 5.91 Å². The minimum Gasteiger partial charge on any atom is -0.449 e. The lowest BCUT2D eigenvalue weighted by atomic mass is 9.48. The highest BCUT2D eigenvalue weighted by atomic mass is 16.7. The van der Waals surface area contributed by atoms with E-state index < -0.39 is 6.16 Å². The van der Waals surface area contributed by atoms with Crippen molar-refractivity contribution in [1.29, 1.82) is 0 Å². The monoisotopic (exact) mass is 566 g/mol. The lowest BCUT2D eigenvalue weighted by molar-refractivity contribution is -0.141. The predicted molar refractivity (Wildman–Crippen MR) is 157 cm³/mol. The van der Waals surface area contributed by atoms with Crippen molar-refractivity contribution in [1.82, 2.24) is 10.2 Å². The Bertz CT molecular complexity index is 1100. The molecule has 0 radical (unpaired) electrons. The zero-order chi connectivity index (χ0) is 28.8. The van der Waals surface area contributed by atoms with E-state index >= 15 is 0 Å². The number of hydrogen-bond donors (Lipinski definition) is 2. The van der Waals surface area contributed by atoms with E-state index in [1.165, 1.54) is 18.4 Å². The Morgan fingerprint density at radius 3 is 2.32 bits per heavy atom. The standard InChI is InChI=1S/C34H50N2O5/c1-33-19-17-25(41-32(39)40)21-22(33)13-14-26-27-15-16-29(34(27,2)20-18-28(26)33)30(37)36(24-11-7-4-8-12-24)31(38)35-23-9-5-3-6-10-23/h13,21,23-24,26-29H,3-12,14-20H2,1-2H3,(H,35,38)(H,39,40)/t26-,27-,28-,29+,33-,34-/m0/s1. The zero-order valence-corrected chi connectivity index (χ0v) is 25.2. The summed E-state index contributed by atoms with van der Waals surface area (Å²) in [6.07, 6.45) is 20.5. The van der Waals surface area contributed by atoms with Crippen LogP contribution in [0.1, 0.15) is 123 Å². The van der Waals surface area contributed by atoms with Gasteiger partial charge in [-0.25, -0.2) is 9.59 Å². The van der Waals surface area contributed by atoms with Crippen molar-refractivity contribution in [2.24, 2.45) is 34.5 Å². The lowest BCUT2D eigenvalue weighted by Crippen LogP contribution is -2.57. The molecule has 6 atom stereocenters. The average Bonchev–Trinajstić information content (AvgIpc) is 3.31. The van der Waals surface area contributed by atoms with Gasteiger partial charge >= 0.3 is 12.2 Å². The fourth-order valence-electron chi connectivity index (χ4n) is 10.3. The normalized spacial score (nSPS) is 37.5. The third-order valence-electron chi connectivity index (χ3n) is 12.6. The topological polar surface area (TPSA) is 95.9 Å². The lowest BCUT2D eigenvalue weighted by Gasteiger charge is -2.57. The molecule has 4 saturated carbocycles. The number of amides is 3. The zero-order valence-electron chi connectivity index (χ0n) is 25.2. The van der Waals surface area contributed by atoms with Crippen LogP contribution in [-0.2, 0) is 9.53 Å². The quantitative estimate of drug-likeness (QED) is 0.337. The first kappa shape index (κ1) is 28.8. The van der Waals surface area contributed by atoms with Crippen molar-refractivity contribution in [3.8, 4) is 0 Å². The van der Waals surface area contributed by atoms with Crippen molar-refractivity contribution in [2.45, 2.75) is 135 Å². The van der Waals surface area contributed by atoms with E-state index in [1.54, 1.807) is 4.90 Å². The third kappa shape index (κ3) is 5.24. The number of hydrogen-bond acceptors (Lipinski definition) is 4. The van der Waals surface area contributed by atoms with Crippen LogP contribution in [0, 0.1) is 34.5 Å². The summed E-state index contributed by atoms with van der Waals surface area (Å²) < 4.78 is 5.05. The molecule has 0 unspecified atom stereocenters. The second-order valence-corrected chi connectivity index (χ2v) is 14.6. The number of carboxylic acid groups (broad SMARTS) is 1. The molecule has 0 aliphatic heterocycles. The first-order chi connectivity index (χ1) is 19.7. The minimum atomic E-state index is -1.24. The van der Waals surface area contributed by atoms with Crippen molar-refractivity contribution in [3.05, 3.63) is 23.5 Å². The molecule has 7 nitrogen and oxygen atoms in total. The smallest absolute Gasteiger partial charge is 0.449 e. The molecule has 6 aliphatic carbocycles. The molecule has 6 aliphatic rings. The number of fused-ring (bicyclic) bond motifs is 5. The molecule has 4 fully saturated rings. The van der Waals surface area contributed by atoms with Crippen LogP contribution in [0.25, 0.3) is 0 Å². The second kappa shape index (κ2) is 11.4. The van der Waals surface area contributed by atoms with E-state index in [1.807, 2.05) is 6.08 Å². The van der Waals surface area contributed by atoms with E-state index in [4.69, 9.17) is 9.84 Å². The SMILES string of the molecule is C[C@]12CC[C@H]3[C@@H](CC=C4C=C(OC(=O)O)CC[C@@]43C)[C@@H]1CC[C@@H]2C(=O)N(C(=O)NC1CCCCC1)C1CCCCC1. The van der Waals surface area contributed by atoms with E-state index in [9.17, 15) is 14.4 Å². The van der Waals surface area contributed by atoms with Crippen LogP contribution in [0.3, 0.4) is 0 Å². The number of allylic oxidation sites excluding steroid dienone is 4. The summed E-state index contributed by atoms with van der Waals surface area (Å²) in [5.74, 6) is 2.09. The van der Waals surface area contributed by atoms with Crippen LogP contribution >= 0.6 is 0 Å². The Hall–Kier alpha value is -2.31. The molecule has 0 heterocycles. The van der Waals surface area contributed by atoms with Crippen LogP contribution < -0.4 is 5.32 Å². The van der Waals surface area contributed by atoms with Gasteiger partial charge in [0.1, 0.15) is 5.76 Å². The van der Waals surface area contributed by atoms with Crippen molar-refractivity contribution < 1.29 is 24.2 Å². The highest BCUT2D eigenvalue weighted by Gasteiger charge is 2.60. The maximum Gasteiger partial charge on any atom is 0.511 e. The summed E-state index contributed by atoms with van der Waals surface area (Å²) >= 11 is 0. The Kier molecular flexibility index (Phi) is 8.01. The summed E-state index contributed by atoms with van der Waals surface area (Å²) in [4.78, 5) is 41.2. The van der Waals surface area contributed by atoms with Gasteiger partial charge in [-0.1, -0.05) is 58.4 Å². The molecule has 0 aromatic carbocycles. The third-order valence-corrected chi connectivity index (χ3v) is 12.6. The molecule has 41 heavy (non-hydrogen) atoms. The Morgan fingerprint density at radius 1 is 0.902 bits per heavy atom. The Labute approximate surface area is 245 Å². The van der Waals surface area contributed by atoms with Gasteiger partial charge in [-0.05, 0) is 104 Å². The molecule has 226 valence electrons. The molecule has 0 aromatic heterocycles. The van der Waals surface area contributed by atoms with Crippen molar-refractivity contribution in [3.63, 3.8) is 0 Å². The minimum absolute atomic E-state index is 0.0196. The number of nitrogens with one attached hydrogen (secondary N) is 1. The fraction of sp³-hybridized carbons (Fsp3) is 0.794. The summed E-state index contributed by atoms with van der Waals surface area (Å²) in [6, 6.07) is 0.113. The number of rotatable bonds is 4. The van der Waals surface area contributed by atoms with E-state index in [0.717, 1.165) is 89.9 Å². The van der Waals surface area contributed by atoms with E-state index in [0.29, 0.717) is 29.9 Å². The molecular formula is C34H50N2O5. The van der Waals surface area contributed by atoms with E-state index in [2.05, 4.69) is 25.2 Å². The first-order valence-corrected chi connectivity index (χ1v) is 16.7. The maximum absolute atomic E-state index is 14.5. The van der Waals surface area contributed by atoms with Gasteiger partial charge in [0, 0.05) is 24.4 Å². The Morgan fingerprint density at radius 2 is 1.61 bits per heavy atom. The van der Waals surface area contributed by atoms with Gasteiger partial charge in [0.15, 0.2) is 0 Å². The van der Waals surface area contributed by atoms with Crippen LogP contribution in [0.15, 0.2) is 23.5 Å². The molecule has 2 N–H and O–H groups in total. The van der Waals surface area contributed by atoms with Gasteiger partial charge in [-0.15, -0.1) is 0 Å². The first-order valence-electron chi connectivity index (χ1n) is 16.7. The highest BCUT2D eigenvalue weighted by molar-refractivity contribution is 5.96. The highest BCUT2D eigenvalue weighted by Crippen LogP contribution is 2.66. The Balaban J connectivity index is 1.22. The number of ether oxygens (including phenoxy) is 1. The van der Waals surface area contributed by atoms with Gasteiger partial charge in [0.05, 0.1) is 0 Å². The molecular weight excluding hydrogens is 516 g/mol. The van der Waals surface area contributed by atoms with E-state index in [-0.39, 0.29) is 40.8 Å². The molecule has 3 amide bonds. The molecule has 0 spiro atoms. The van der Waals surface area contributed by atoms with Crippen molar-refractivity contribution >= 4 is 18.1 Å². The number of carbonyl (C=O) groups excluding carboxylic acids is 2. The van der Waals surface area contributed by atoms with Gasteiger partial charge < -0.3 is 15.2 Å². The van der Waals surface area contributed by atoms with Gasteiger partial charge in [-0.3, -0.25) is 9.69 Å². The average molecular weight is 567 g/mol. The molecule has 0 bridgehead atoms. The van der Waals surface area contributed by atoms with Gasteiger partial charge in [-0.2, -0.15) is 0 Å². The number of carbonyl (C=O) groups is 3. The number of imide groups is 1. The van der Waals surface area contributed by atoms with Crippen LogP contribution in [-0.4, -0.2) is 40.2 Å². The summed E-state index contributed by atoms with van der Waals surface area (Å²) in [5, 5.41) is 12.4. The second-order valence-electron chi connectivity index (χ2n) is 14.6. The fourth-order valence-corrected chi connectivity index (χ4v) is 10.3. The van der Waals surface area contributed by atoms with Crippen LogP contribution in [0.4, 0.5) is 9.59 Å². The van der Waals surface area contributed by atoms with Gasteiger partial charge in [0.25, 0.3) is 0 Å².